The molecule has 0 radical (unpaired) electrons. The number of benzene rings is 2. The minimum absolute atomic E-state index is 0.0417. The van der Waals surface area contributed by atoms with Crippen molar-refractivity contribution >= 4 is 30.6 Å². The summed E-state index contributed by atoms with van der Waals surface area (Å²) in [6.45, 7) is 8.97. The van der Waals surface area contributed by atoms with Gasteiger partial charge in [-0.15, -0.1) is 0 Å². The number of ether oxygens (including phenoxy) is 3. The minimum atomic E-state index is -2.87. The summed E-state index contributed by atoms with van der Waals surface area (Å²) in [5, 5.41) is 12.3. The van der Waals surface area contributed by atoms with Gasteiger partial charge >= 0.3 is 11.9 Å². The molecule has 178 valence electrons. The molecule has 2 aromatic carbocycles. The van der Waals surface area contributed by atoms with Crippen molar-refractivity contribution in [3.05, 3.63) is 60.7 Å². The molecular weight excluding hydrogens is 440 g/mol. The molecular formula is C25H32O7Si. The average Bonchev–Trinajstić information content (AvgIpc) is 3.02. The number of aliphatic hydroxyl groups is 1. The Labute approximate surface area is 195 Å². The Morgan fingerprint density at radius 2 is 1.33 bits per heavy atom. The van der Waals surface area contributed by atoms with E-state index in [2.05, 4.69) is 45.0 Å². The van der Waals surface area contributed by atoms with Crippen LogP contribution in [-0.4, -0.2) is 56.6 Å². The average molecular weight is 473 g/mol. The van der Waals surface area contributed by atoms with E-state index in [0.29, 0.717) is 0 Å². The summed E-state index contributed by atoms with van der Waals surface area (Å²) in [4.78, 5) is 23.3. The van der Waals surface area contributed by atoms with Crippen LogP contribution >= 0.6 is 0 Å². The first-order valence-electron chi connectivity index (χ1n) is 11.0. The molecule has 2 aromatic rings. The molecule has 0 aromatic heterocycles. The van der Waals surface area contributed by atoms with Crippen molar-refractivity contribution in [1.82, 2.24) is 0 Å². The lowest BCUT2D eigenvalue weighted by Gasteiger charge is -2.43. The third-order valence-electron chi connectivity index (χ3n) is 5.77. The van der Waals surface area contributed by atoms with E-state index in [0.717, 1.165) is 10.4 Å². The molecule has 0 saturated carbocycles. The zero-order chi connectivity index (χ0) is 24.2. The van der Waals surface area contributed by atoms with E-state index in [4.69, 9.17) is 18.6 Å². The topological polar surface area (TPSA) is 91.3 Å². The van der Waals surface area contributed by atoms with Crippen molar-refractivity contribution < 1.29 is 33.3 Å². The van der Waals surface area contributed by atoms with Crippen molar-refractivity contribution in [2.24, 2.45) is 0 Å². The molecule has 1 fully saturated rings. The van der Waals surface area contributed by atoms with Gasteiger partial charge < -0.3 is 23.7 Å². The first-order valence-corrected chi connectivity index (χ1v) is 12.9. The van der Waals surface area contributed by atoms with Gasteiger partial charge in [0.15, 0.2) is 18.5 Å². The molecule has 1 aliphatic heterocycles. The molecule has 8 heteroatoms. The van der Waals surface area contributed by atoms with E-state index in [9.17, 15) is 14.7 Å². The molecule has 1 N–H and O–H groups in total. The number of aliphatic hydroxyl groups excluding tert-OH is 1. The monoisotopic (exact) mass is 472 g/mol. The van der Waals surface area contributed by atoms with Crippen molar-refractivity contribution in [2.75, 3.05) is 6.61 Å². The standard InChI is InChI=1S/C25H32O7Si/c1-17(26)30-22-21(32-24(28)23(22)31-18(2)27)16-29-33(25(3,4)5,19-12-8-6-9-13-19)20-14-10-7-11-15-20/h6-15,21-24,28H,16H2,1-5H3/t21-,22-,23-,24?/m1/s1. The summed E-state index contributed by atoms with van der Waals surface area (Å²) in [6.07, 6.45) is -4.35. The van der Waals surface area contributed by atoms with Crippen molar-refractivity contribution in [2.45, 2.75) is 64.3 Å². The van der Waals surface area contributed by atoms with Crippen LogP contribution in [0.5, 0.6) is 0 Å². The molecule has 4 atom stereocenters. The van der Waals surface area contributed by atoms with E-state index >= 15 is 0 Å². The number of rotatable bonds is 7. The van der Waals surface area contributed by atoms with Crippen molar-refractivity contribution in [3.63, 3.8) is 0 Å². The van der Waals surface area contributed by atoms with E-state index in [1.54, 1.807) is 0 Å². The summed E-state index contributed by atoms with van der Waals surface area (Å²) < 4.78 is 23.1. The maximum absolute atomic E-state index is 11.8. The predicted octanol–water partition coefficient (Wildman–Crippen LogP) is 2.14. The van der Waals surface area contributed by atoms with Crippen LogP contribution in [0.25, 0.3) is 0 Å². The van der Waals surface area contributed by atoms with Crippen LogP contribution in [0.15, 0.2) is 60.7 Å². The quantitative estimate of drug-likeness (QED) is 0.488. The van der Waals surface area contributed by atoms with Gasteiger partial charge in [-0.3, -0.25) is 9.59 Å². The van der Waals surface area contributed by atoms with Gasteiger partial charge in [-0.2, -0.15) is 0 Å². The number of carbonyl (C=O) groups excluding carboxylic acids is 2. The Hall–Kier alpha value is -2.52. The molecule has 1 aliphatic rings. The van der Waals surface area contributed by atoms with Gasteiger partial charge in [0.25, 0.3) is 8.32 Å². The largest absolute Gasteiger partial charge is 0.455 e. The third-order valence-corrected chi connectivity index (χ3v) is 10.8. The fraction of sp³-hybridized carbons (Fsp3) is 0.440. The summed E-state index contributed by atoms with van der Waals surface area (Å²) in [7, 11) is -2.87. The Morgan fingerprint density at radius 3 is 1.76 bits per heavy atom. The van der Waals surface area contributed by atoms with E-state index in [-0.39, 0.29) is 11.6 Å². The predicted molar refractivity (Wildman–Crippen MR) is 126 cm³/mol. The van der Waals surface area contributed by atoms with Crippen LogP contribution in [0.4, 0.5) is 0 Å². The van der Waals surface area contributed by atoms with Crippen LogP contribution in [0.1, 0.15) is 34.6 Å². The first kappa shape index (κ1) is 25.1. The van der Waals surface area contributed by atoms with Gasteiger partial charge in [0.05, 0.1) is 6.61 Å². The second-order valence-electron chi connectivity index (χ2n) is 9.19. The Morgan fingerprint density at radius 1 is 0.879 bits per heavy atom. The fourth-order valence-electron chi connectivity index (χ4n) is 4.46. The Balaban J connectivity index is 2.00. The number of hydrogen-bond donors (Lipinski definition) is 1. The number of esters is 2. The van der Waals surface area contributed by atoms with Crippen LogP contribution in [0.3, 0.4) is 0 Å². The second kappa shape index (κ2) is 10.2. The van der Waals surface area contributed by atoms with E-state index in [1.165, 1.54) is 13.8 Å². The zero-order valence-electron chi connectivity index (χ0n) is 19.7. The van der Waals surface area contributed by atoms with Gasteiger partial charge in [-0.25, -0.2) is 0 Å². The first-order chi connectivity index (χ1) is 15.6. The van der Waals surface area contributed by atoms with Crippen LogP contribution < -0.4 is 10.4 Å². The van der Waals surface area contributed by atoms with E-state index < -0.39 is 44.9 Å². The van der Waals surface area contributed by atoms with Crippen molar-refractivity contribution in [3.8, 4) is 0 Å². The molecule has 3 rings (SSSR count). The molecule has 7 nitrogen and oxygen atoms in total. The lowest BCUT2D eigenvalue weighted by atomic mass is 10.1. The molecule has 1 heterocycles. The molecule has 0 aliphatic carbocycles. The summed E-state index contributed by atoms with van der Waals surface area (Å²) in [5.74, 6) is -1.17. The summed E-state index contributed by atoms with van der Waals surface area (Å²) in [5.41, 5.74) is 0. The zero-order valence-corrected chi connectivity index (χ0v) is 20.7. The van der Waals surface area contributed by atoms with Crippen LogP contribution in [-0.2, 0) is 28.2 Å². The summed E-state index contributed by atoms with van der Waals surface area (Å²) >= 11 is 0. The third kappa shape index (κ3) is 5.35. The lowest BCUT2D eigenvalue weighted by Crippen LogP contribution is -2.67. The minimum Gasteiger partial charge on any atom is -0.455 e. The normalized spacial score (nSPS) is 23.2. The summed E-state index contributed by atoms with van der Waals surface area (Å²) in [6, 6.07) is 20.2. The molecule has 0 spiro atoms. The highest BCUT2D eigenvalue weighted by Gasteiger charge is 2.53. The highest BCUT2D eigenvalue weighted by molar-refractivity contribution is 6.99. The molecule has 1 unspecified atom stereocenters. The SMILES string of the molecule is CC(=O)O[C@@H]1[C@@H](CO[Si](c2ccccc2)(c2ccccc2)C(C)(C)C)OC(O)[C@@H]1OC(C)=O. The van der Waals surface area contributed by atoms with Crippen LogP contribution in [0, 0.1) is 0 Å². The number of carbonyl (C=O) groups is 2. The number of hydrogen-bond acceptors (Lipinski definition) is 7. The van der Waals surface area contributed by atoms with Gasteiger partial charge in [0, 0.05) is 13.8 Å². The smallest absolute Gasteiger partial charge is 0.303 e. The van der Waals surface area contributed by atoms with Crippen molar-refractivity contribution in [1.29, 1.82) is 0 Å². The van der Waals surface area contributed by atoms with Gasteiger partial charge in [-0.1, -0.05) is 81.4 Å². The fourth-order valence-corrected chi connectivity index (χ4v) is 9.03. The van der Waals surface area contributed by atoms with E-state index in [1.807, 2.05) is 36.4 Å². The van der Waals surface area contributed by atoms with Gasteiger partial charge in [0.1, 0.15) is 6.10 Å². The van der Waals surface area contributed by atoms with Gasteiger partial charge in [-0.05, 0) is 15.4 Å². The molecule has 0 amide bonds. The maximum atomic E-state index is 11.8. The highest BCUT2D eigenvalue weighted by Crippen LogP contribution is 2.37. The maximum Gasteiger partial charge on any atom is 0.303 e. The highest BCUT2D eigenvalue weighted by atomic mass is 28.4. The second-order valence-corrected chi connectivity index (χ2v) is 13.5. The Bertz CT molecular complexity index is 903. The lowest BCUT2D eigenvalue weighted by molar-refractivity contribution is -0.174. The van der Waals surface area contributed by atoms with Crippen LogP contribution in [0.2, 0.25) is 5.04 Å². The molecule has 33 heavy (non-hydrogen) atoms. The van der Waals surface area contributed by atoms with Gasteiger partial charge in [0.2, 0.25) is 0 Å². The molecule has 1 saturated heterocycles. The Kier molecular flexibility index (Phi) is 7.74. The molecule has 0 bridgehead atoms.